The zero-order valence-electron chi connectivity index (χ0n) is 16.8. The summed E-state index contributed by atoms with van der Waals surface area (Å²) in [5.74, 6) is 0.597. The van der Waals surface area contributed by atoms with Gasteiger partial charge in [0.05, 0.1) is 17.5 Å². The molecule has 7 heteroatoms. The van der Waals surface area contributed by atoms with Crippen LogP contribution in [0.5, 0.6) is 5.75 Å². The molecule has 0 saturated heterocycles. The minimum atomic E-state index is -3.34. The quantitative estimate of drug-likeness (QED) is 0.695. The van der Waals surface area contributed by atoms with Gasteiger partial charge in [0.25, 0.3) is 5.91 Å². The molecule has 6 nitrogen and oxygen atoms in total. The summed E-state index contributed by atoms with van der Waals surface area (Å²) in [5, 5.41) is 2.89. The molecular weight excluding hydrogens is 376 g/mol. The van der Waals surface area contributed by atoms with Gasteiger partial charge in [0.15, 0.2) is 0 Å². The number of aryl methyl sites for hydroxylation is 1. The summed E-state index contributed by atoms with van der Waals surface area (Å²) in [7, 11) is -3.34. The van der Waals surface area contributed by atoms with Crippen molar-refractivity contribution in [1.82, 2.24) is 5.32 Å². The van der Waals surface area contributed by atoms with Crippen molar-refractivity contribution < 1.29 is 17.9 Å². The highest BCUT2D eigenvalue weighted by atomic mass is 32.2. The monoisotopic (exact) mass is 404 g/mol. The Balaban J connectivity index is 1.98. The summed E-state index contributed by atoms with van der Waals surface area (Å²) >= 11 is 0. The topological polar surface area (TPSA) is 75.7 Å². The number of benzene rings is 2. The molecule has 0 saturated carbocycles. The fourth-order valence-electron chi connectivity index (χ4n) is 2.76. The second-order valence-electron chi connectivity index (χ2n) is 6.56. The van der Waals surface area contributed by atoms with Gasteiger partial charge in [-0.3, -0.25) is 9.10 Å². The predicted molar refractivity (Wildman–Crippen MR) is 113 cm³/mol. The first-order chi connectivity index (χ1) is 13.3. The van der Waals surface area contributed by atoms with E-state index in [-0.39, 0.29) is 17.7 Å². The molecule has 0 aromatic heterocycles. The van der Waals surface area contributed by atoms with Crippen molar-refractivity contribution in [3.8, 4) is 5.75 Å². The van der Waals surface area contributed by atoms with Crippen molar-refractivity contribution in [1.29, 1.82) is 0 Å². The normalized spacial score (nSPS) is 12.3. The molecule has 2 aromatic rings. The Labute approximate surface area is 167 Å². The van der Waals surface area contributed by atoms with Crippen molar-refractivity contribution >= 4 is 21.6 Å². The van der Waals surface area contributed by atoms with Crippen LogP contribution in [-0.4, -0.2) is 39.3 Å². The van der Waals surface area contributed by atoms with E-state index in [9.17, 15) is 13.2 Å². The lowest BCUT2D eigenvalue weighted by molar-refractivity contribution is 0.0926. The van der Waals surface area contributed by atoms with E-state index in [0.717, 1.165) is 11.3 Å². The molecule has 0 spiro atoms. The number of carbonyl (C=O) groups excluding carboxylic acids is 1. The number of anilines is 1. The molecule has 0 aliphatic carbocycles. The van der Waals surface area contributed by atoms with Gasteiger partial charge in [-0.05, 0) is 63.6 Å². The highest BCUT2D eigenvalue weighted by molar-refractivity contribution is 7.92. The van der Waals surface area contributed by atoms with Crippen molar-refractivity contribution in [2.45, 2.75) is 33.7 Å². The smallest absolute Gasteiger partial charge is 0.251 e. The first-order valence-corrected chi connectivity index (χ1v) is 11.0. The van der Waals surface area contributed by atoms with Crippen LogP contribution in [0.4, 0.5) is 5.69 Å². The van der Waals surface area contributed by atoms with E-state index in [1.807, 2.05) is 38.1 Å². The summed E-state index contributed by atoms with van der Waals surface area (Å²) in [6, 6.07) is 14.1. The van der Waals surface area contributed by atoms with E-state index in [2.05, 4.69) is 5.32 Å². The number of amides is 1. The highest BCUT2D eigenvalue weighted by Gasteiger charge is 2.19. The van der Waals surface area contributed by atoms with Gasteiger partial charge in [-0.15, -0.1) is 0 Å². The molecule has 1 unspecified atom stereocenters. The summed E-state index contributed by atoms with van der Waals surface area (Å²) in [6.07, 6.45) is 0. The first kappa shape index (κ1) is 21.8. The molecular formula is C21H28N2O4S. The molecule has 0 fully saturated rings. The fourth-order valence-corrected chi connectivity index (χ4v) is 3.90. The summed E-state index contributed by atoms with van der Waals surface area (Å²) in [6.45, 7) is 7.93. The summed E-state index contributed by atoms with van der Waals surface area (Å²) in [4.78, 5) is 12.4. The highest BCUT2D eigenvalue weighted by Crippen LogP contribution is 2.19. The number of nitrogens with zero attached hydrogens (tertiary/aromatic N) is 1. The van der Waals surface area contributed by atoms with E-state index in [1.54, 1.807) is 38.1 Å². The largest absolute Gasteiger partial charge is 0.491 e. The Hall–Kier alpha value is -2.54. The van der Waals surface area contributed by atoms with Gasteiger partial charge < -0.3 is 10.1 Å². The maximum absolute atomic E-state index is 12.4. The molecule has 0 heterocycles. The van der Waals surface area contributed by atoms with Gasteiger partial charge in [-0.2, -0.15) is 0 Å². The van der Waals surface area contributed by atoms with Crippen LogP contribution in [0, 0.1) is 6.92 Å². The Kier molecular flexibility index (Phi) is 7.45. The standard InChI is InChI=1S/C21H28N2O4S/c1-5-23(28(25,26)6-2)19-13-11-18(12-14-19)21(24)22-17(4)15-27-20-10-8-7-9-16(20)3/h7-14,17H,5-6,15H2,1-4H3,(H,22,24). The average molecular weight is 405 g/mol. The number of hydrogen-bond donors (Lipinski definition) is 1. The zero-order valence-corrected chi connectivity index (χ0v) is 17.6. The number of para-hydroxylation sites is 1. The lowest BCUT2D eigenvalue weighted by Gasteiger charge is -2.22. The number of sulfonamides is 1. The van der Waals surface area contributed by atoms with Crippen molar-refractivity contribution in [3.63, 3.8) is 0 Å². The second kappa shape index (κ2) is 9.59. The van der Waals surface area contributed by atoms with Gasteiger partial charge in [-0.25, -0.2) is 8.42 Å². The average Bonchev–Trinajstić information content (AvgIpc) is 2.68. The molecule has 152 valence electrons. The third-order valence-electron chi connectivity index (χ3n) is 4.37. The Morgan fingerprint density at radius 2 is 1.75 bits per heavy atom. The molecule has 0 bridgehead atoms. The number of nitrogens with one attached hydrogen (secondary N) is 1. The second-order valence-corrected chi connectivity index (χ2v) is 8.75. The van der Waals surface area contributed by atoms with Crippen LogP contribution in [0.2, 0.25) is 0 Å². The van der Waals surface area contributed by atoms with E-state index >= 15 is 0 Å². The van der Waals surface area contributed by atoms with E-state index in [4.69, 9.17) is 4.74 Å². The van der Waals surface area contributed by atoms with Crippen LogP contribution in [-0.2, 0) is 10.0 Å². The number of ether oxygens (including phenoxy) is 1. The third-order valence-corrected chi connectivity index (χ3v) is 6.24. The van der Waals surface area contributed by atoms with Crippen molar-refractivity contribution in [3.05, 3.63) is 59.7 Å². The lowest BCUT2D eigenvalue weighted by Crippen LogP contribution is -2.37. The minimum Gasteiger partial charge on any atom is -0.491 e. The molecule has 1 atom stereocenters. The fraction of sp³-hybridized carbons (Fsp3) is 0.381. The maximum Gasteiger partial charge on any atom is 0.251 e. The number of hydrogen-bond acceptors (Lipinski definition) is 4. The van der Waals surface area contributed by atoms with Crippen LogP contribution in [0.25, 0.3) is 0 Å². The summed E-state index contributed by atoms with van der Waals surface area (Å²) in [5.41, 5.74) is 2.06. The van der Waals surface area contributed by atoms with E-state index in [0.29, 0.717) is 24.4 Å². The predicted octanol–water partition coefficient (Wildman–Crippen LogP) is 3.37. The molecule has 2 rings (SSSR count). The molecule has 0 aliphatic heterocycles. The molecule has 0 aliphatic rings. The first-order valence-electron chi connectivity index (χ1n) is 9.38. The molecule has 2 aromatic carbocycles. The SMILES string of the molecule is CCN(c1ccc(C(=O)NC(C)COc2ccccc2C)cc1)S(=O)(=O)CC. The third kappa shape index (κ3) is 5.48. The lowest BCUT2D eigenvalue weighted by atomic mass is 10.2. The Morgan fingerprint density at radius 3 is 2.32 bits per heavy atom. The van der Waals surface area contributed by atoms with Crippen LogP contribution < -0.4 is 14.4 Å². The maximum atomic E-state index is 12.4. The number of rotatable bonds is 9. The molecule has 1 N–H and O–H groups in total. The van der Waals surface area contributed by atoms with Gasteiger partial charge in [-0.1, -0.05) is 18.2 Å². The van der Waals surface area contributed by atoms with Crippen molar-refractivity contribution in [2.24, 2.45) is 0 Å². The van der Waals surface area contributed by atoms with Crippen LogP contribution in [0.3, 0.4) is 0 Å². The Morgan fingerprint density at radius 1 is 1.11 bits per heavy atom. The van der Waals surface area contributed by atoms with Gasteiger partial charge in [0.2, 0.25) is 10.0 Å². The van der Waals surface area contributed by atoms with Gasteiger partial charge >= 0.3 is 0 Å². The van der Waals surface area contributed by atoms with Crippen LogP contribution >= 0.6 is 0 Å². The van der Waals surface area contributed by atoms with E-state index < -0.39 is 10.0 Å². The number of carbonyl (C=O) groups is 1. The minimum absolute atomic E-state index is 0.0292. The van der Waals surface area contributed by atoms with Crippen LogP contribution in [0.1, 0.15) is 36.7 Å². The van der Waals surface area contributed by atoms with Crippen molar-refractivity contribution in [2.75, 3.05) is 23.2 Å². The van der Waals surface area contributed by atoms with E-state index in [1.165, 1.54) is 4.31 Å². The van der Waals surface area contributed by atoms with Gasteiger partial charge in [0, 0.05) is 12.1 Å². The van der Waals surface area contributed by atoms with Gasteiger partial charge in [0.1, 0.15) is 12.4 Å². The molecule has 1 amide bonds. The Bertz CT molecular complexity index is 895. The summed E-state index contributed by atoms with van der Waals surface area (Å²) < 4.78 is 31.4. The van der Waals surface area contributed by atoms with Crippen LogP contribution in [0.15, 0.2) is 48.5 Å². The zero-order chi connectivity index (χ0) is 20.7. The molecule has 28 heavy (non-hydrogen) atoms. The molecule has 0 radical (unpaired) electrons.